The van der Waals surface area contributed by atoms with Gasteiger partial charge in [-0.2, -0.15) is 0 Å². The minimum absolute atomic E-state index is 0.123. The lowest BCUT2D eigenvalue weighted by Crippen LogP contribution is -2.40. The summed E-state index contributed by atoms with van der Waals surface area (Å²) in [5.41, 5.74) is 2.11. The molecule has 158 valence electrons. The topological polar surface area (TPSA) is 69.7 Å². The van der Waals surface area contributed by atoms with Crippen LogP contribution in [0.5, 0.6) is 0 Å². The largest absolute Gasteiger partial charge is 0.372 e. The van der Waals surface area contributed by atoms with E-state index in [0.717, 1.165) is 41.0 Å². The van der Waals surface area contributed by atoms with Gasteiger partial charge < -0.3 is 10.2 Å². The molecule has 0 aliphatic rings. The first-order valence-corrected chi connectivity index (χ1v) is 11.4. The molecule has 1 amide bonds. The van der Waals surface area contributed by atoms with Gasteiger partial charge in [0.05, 0.1) is 17.0 Å². The molecule has 9 heteroatoms. The number of carbonyl (C=O) groups is 1. The zero-order valence-electron chi connectivity index (χ0n) is 16.7. The van der Waals surface area contributed by atoms with Crippen LogP contribution in [0.25, 0.3) is 0 Å². The van der Waals surface area contributed by atoms with Crippen LogP contribution in [-0.4, -0.2) is 40.2 Å². The van der Waals surface area contributed by atoms with E-state index < -0.39 is 28.3 Å². The summed E-state index contributed by atoms with van der Waals surface area (Å²) in [5.74, 6) is -1.15. The molecule has 0 unspecified atom stereocenters. The van der Waals surface area contributed by atoms with Gasteiger partial charge in [0.1, 0.15) is 12.4 Å². The third-order valence-corrected chi connectivity index (χ3v) is 5.86. The standard InChI is InChI=1S/C20H25ClFN3O3S/c1-4-24(5-2)16-8-6-15(7-9-16)13-23-20(26)14-25(29(3,27)28)17-10-11-19(22)18(21)12-17/h6-12H,4-5,13-14H2,1-3H3,(H,23,26). The highest BCUT2D eigenvalue weighted by Gasteiger charge is 2.21. The van der Waals surface area contributed by atoms with Gasteiger partial charge in [-0.1, -0.05) is 23.7 Å². The summed E-state index contributed by atoms with van der Waals surface area (Å²) in [4.78, 5) is 14.5. The quantitative estimate of drug-likeness (QED) is 0.647. The lowest BCUT2D eigenvalue weighted by Gasteiger charge is -2.22. The molecule has 0 radical (unpaired) electrons. The molecule has 2 aromatic rings. The first kappa shape index (κ1) is 23.0. The molecular formula is C20H25ClFN3O3S. The number of hydrogen-bond acceptors (Lipinski definition) is 4. The predicted octanol–water partition coefficient (Wildman–Crippen LogP) is 3.41. The summed E-state index contributed by atoms with van der Waals surface area (Å²) in [7, 11) is -3.76. The first-order valence-electron chi connectivity index (χ1n) is 9.19. The number of halogens is 2. The number of amides is 1. The lowest BCUT2D eigenvalue weighted by atomic mass is 10.2. The molecule has 2 aromatic carbocycles. The van der Waals surface area contributed by atoms with Gasteiger partial charge in [-0.05, 0) is 49.7 Å². The van der Waals surface area contributed by atoms with E-state index in [1.807, 2.05) is 24.3 Å². The minimum atomic E-state index is -3.76. The van der Waals surface area contributed by atoms with Crippen LogP contribution in [0.2, 0.25) is 5.02 Å². The maximum Gasteiger partial charge on any atom is 0.241 e. The lowest BCUT2D eigenvalue weighted by molar-refractivity contribution is -0.119. The zero-order chi connectivity index (χ0) is 21.6. The number of anilines is 2. The Kier molecular flexibility index (Phi) is 7.87. The van der Waals surface area contributed by atoms with Crippen molar-refractivity contribution in [3.63, 3.8) is 0 Å². The highest BCUT2D eigenvalue weighted by molar-refractivity contribution is 7.92. The van der Waals surface area contributed by atoms with Crippen LogP contribution in [0.15, 0.2) is 42.5 Å². The molecular weight excluding hydrogens is 417 g/mol. The summed E-state index contributed by atoms with van der Waals surface area (Å²) in [6, 6.07) is 11.3. The van der Waals surface area contributed by atoms with Crippen LogP contribution in [0.3, 0.4) is 0 Å². The van der Waals surface area contributed by atoms with Gasteiger partial charge in [-0.15, -0.1) is 0 Å². The normalized spacial score (nSPS) is 11.2. The van der Waals surface area contributed by atoms with E-state index >= 15 is 0 Å². The molecule has 0 heterocycles. The molecule has 0 fully saturated rings. The second-order valence-electron chi connectivity index (χ2n) is 6.48. The summed E-state index contributed by atoms with van der Waals surface area (Å²) in [6.07, 6.45) is 0.976. The number of nitrogens with one attached hydrogen (secondary N) is 1. The monoisotopic (exact) mass is 441 g/mol. The van der Waals surface area contributed by atoms with Crippen LogP contribution in [-0.2, 0) is 21.4 Å². The van der Waals surface area contributed by atoms with Crippen molar-refractivity contribution in [3.8, 4) is 0 Å². The van der Waals surface area contributed by atoms with Crippen LogP contribution >= 0.6 is 11.6 Å². The number of benzene rings is 2. The fraction of sp³-hybridized carbons (Fsp3) is 0.350. The molecule has 0 aromatic heterocycles. The number of rotatable bonds is 9. The van der Waals surface area contributed by atoms with E-state index in [1.165, 1.54) is 12.1 Å². The molecule has 29 heavy (non-hydrogen) atoms. The molecule has 0 bridgehead atoms. The average Bonchev–Trinajstić information content (AvgIpc) is 2.68. The number of nitrogens with zero attached hydrogens (tertiary/aromatic N) is 2. The summed E-state index contributed by atoms with van der Waals surface area (Å²) in [5, 5.41) is 2.49. The molecule has 6 nitrogen and oxygen atoms in total. The summed E-state index contributed by atoms with van der Waals surface area (Å²) >= 11 is 5.74. The Hall–Kier alpha value is -2.32. The van der Waals surface area contributed by atoms with Gasteiger partial charge in [0.25, 0.3) is 0 Å². The van der Waals surface area contributed by atoms with Crippen molar-refractivity contribution in [1.29, 1.82) is 0 Å². The molecule has 0 saturated heterocycles. The Labute approximate surface area is 176 Å². The van der Waals surface area contributed by atoms with Crippen molar-refractivity contribution in [1.82, 2.24) is 5.32 Å². The predicted molar refractivity (Wildman–Crippen MR) is 115 cm³/mol. The van der Waals surface area contributed by atoms with Crippen molar-refractivity contribution < 1.29 is 17.6 Å². The Morgan fingerprint density at radius 1 is 1.07 bits per heavy atom. The van der Waals surface area contributed by atoms with Crippen molar-refractivity contribution in [2.45, 2.75) is 20.4 Å². The Morgan fingerprint density at radius 3 is 2.17 bits per heavy atom. The molecule has 0 saturated carbocycles. The van der Waals surface area contributed by atoms with E-state index in [-0.39, 0.29) is 17.3 Å². The number of hydrogen-bond donors (Lipinski definition) is 1. The van der Waals surface area contributed by atoms with E-state index in [1.54, 1.807) is 0 Å². The molecule has 0 aliphatic heterocycles. The minimum Gasteiger partial charge on any atom is -0.372 e. The van der Waals surface area contributed by atoms with E-state index in [4.69, 9.17) is 11.6 Å². The summed E-state index contributed by atoms with van der Waals surface area (Å²) in [6.45, 7) is 5.80. The van der Waals surface area contributed by atoms with E-state index in [0.29, 0.717) is 0 Å². The van der Waals surface area contributed by atoms with Gasteiger partial charge >= 0.3 is 0 Å². The Morgan fingerprint density at radius 2 is 1.66 bits per heavy atom. The van der Waals surface area contributed by atoms with E-state index in [2.05, 4.69) is 24.1 Å². The third-order valence-electron chi connectivity index (χ3n) is 4.43. The maximum absolute atomic E-state index is 13.4. The van der Waals surface area contributed by atoms with Gasteiger partial charge in [0, 0.05) is 25.3 Å². The second-order valence-corrected chi connectivity index (χ2v) is 8.80. The van der Waals surface area contributed by atoms with Gasteiger partial charge in [-0.3, -0.25) is 9.10 Å². The maximum atomic E-state index is 13.4. The van der Waals surface area contributed by atoms with Crippen molar-refractivity contribution in [2.24, 2.45) is 0 Å². The smallest absolute Gasteiger partial charge is 0.241 e. The highest BCUT2D eigenvalue weighted by atomic mass is 35.5. The van der Waals surface area contributed by atoms with Crippen molar-refractivity contribution in [3.05, 3.63) is 58.9 Å². The molecule has 1 N–H and O–H groups in total. The van der Waals surface area contributed by atoms with Gasteiger partial charge in [0.2, 0.25) is 15.9 Å². The zero-order valence-corrected chi connectivity index (χ0v) is 18.2. The molecule has 0 spiro atoms. The number of carbonyl (C=O) groups excluding carboxylic acids is 1. The van der Waals surface area contributed by atoms with Crippen LogP contribution in [0, 0.1) is 5.82 Å². The third kappa shape index (κ3) is 6.33. The van der Waals surface area contributed by atoms with Crippen LogP contribution < -0.4 is 14.5 Å². The molecule has 2 rings (SSSR count). The fourth-order valence-electron chi connectivity index (χ4n) is 2.84. The first-order chi connectivity index (χ1) is 13.7. The Balaban J connectivity index is 2.04. The summed E-state index contributed by atoms with van der Waals surface area (Å²) < 4.78 is 38.5. The van der Waals surface area contributed by atoms with Crippen LogP contribution in [0.1, 0.15) is 19.4 Å². The fourth-order valence-corrected chi connectivity index (χ4v) is 3.86. The van der Waals surface area contributed by atoms with Gasteiger partial charge in [0.15, 0.2) is 0 Å². The SMILES string of the molecule is CCN(CC)c1ccc(CNC(=O)CN(c2ccc(F)c(Cl)c2)S(C)(=O)=O)cc1. The van der Waals surface area contributed by atoms with Gasteiger partial charge in [-0.25, -0.2) is 12.8 Å². The highest BCUT2D eigenvalue weighted by Crippen LogP contribution is 2.24. The average molecular weight is 442 g/mol. The van der Waals surface area contributed by atoms with E-state index in [9.17, 15) is 17.6 Å². The van der Waals surface area contributed by atoms with Crippen LogP contribution in [0.4, 0.5) is 15.8 Å². The molecule has 0 aliphatic carbocycles. The van der Waals surface area contributed by atoms with Crippen molar-refractivity contribution in [2.75, 3.05) is 35.1 Å². The second kappa shape index (κ2) is 9.93. The Bertz CT molecular complexity index is 948. The number of sulfonamides is 1. The molecule has 0 atom stereocenters. The van der Waals surface area contributed by atoms with Crippen molar-refractivity contribution >= 4 is 38.9 Å².